The summed E-state index contributed by atoms with van der Waals surface area (Å²) in [6.45, 7) is 5.85. The van der Waals surface area contributed by atoms with Gasteiger partial charge < -0.3 is 14.6 Å². The Morgan fingerprint density at radius 2 is 2.14 bits per heavy atom. The van der Waals surface area contributed by atoms with E-state index in [-0.39, 0.29) is 11.6 Å². The predicted octanol–water partition coefficient (Wildman–Crippen LogP) is 2.76. The third-order valence-electron chi connectivity index (χ3n) is 5.84. The number of aromatic amines is 1. The SMILES string of the molecule is C[C@@H]1CCc2c(sc3nc([C@@H](C)[NH+](C)CCOc4ccccc4)[nH]c(=O)c23)C1. The lowest BCUT2D eigenvalue weighted by atomic mass is 9.89. The van der Waals surface area contributed by atoms with Crippen LogP contribution in [0.5, 0.6) is 5.75 Å². The molecule has 1 aliphatic rings. The van der Waals surface area contributed by atoms with Crippen LogP contribution in [0.1, 0.15) is 42.6 Å². The fraction of sp³-hybridized carbons (Fsp3) is 0.455. The lowest BCUT2D eigenvalue weighted by molar-refractivity contribution is -0.910. The maximum Gasteiger partial charge on any atom is 0.260 e. The van der Waals surface area contributed by atoms with Gasteiger partial charge in [0.2, 0.25) is 0 Å². The van der Waals surface area contributed by atoms with Gasteiger partial charge in [0.1, 0.15) is 29.8 Å². The molecule has 1 aliphatic carbocycles. The average Bonchev–Trinajstić information content (AvgIpc) is 3.05. The van der Waals surface area contributed by atoms with Gasteiger partial charge in [0, 0.05) is 4.88 Å². The van der Waals surface area contributed by atoms with Gasteiger partial charge in [-0.25, -0.2) is 4.98 Å². The first kappa shape index (κ1) is 19.2. The van der Waals surface area contributed by atoms with Gasteiger partial charge in [-0.15, -0.1) is 11.3 Å². The molecule has 2 heterocycles. The highest BCUT2D eigenvalue weighted by atomic mass is 32.1. The number of aromatic nitrogens is 2. The summed E-state index contributed by atoms with van der Waals surface area (Å²) in [5, 5.41) is 0.827. The van der Waals surface area contributed by atoms with E-state index in [1.165, 1.54) is 15.3 Å². The summed E-state index contributed by atoms with van der Waals surface area (Å²) < 4.78 is 5.81. The van der Waals surface area contributed by atoms with Crippen LogP contribution in [0.15, 0.2) is 35.1 Å². The molecule has 0 radical (unpaired) electrons. The van der Waals surface area contributed by atoms with Crippen molar-refractivity contribution >= 4 is 21.6 Å². The Bertz CT molecular complexity index is 1010. The van der Waals surface area contributed by atoms with Crippen LogP contribution in [0.25, 0.3) is 10.2 Å². The number of rotatable bonds is 6. The maximum absolute atomic E-state index is 12.8. The van der Waals surface area contributed by atoms with Crippen LogP contribution in [0.4, 0.5) is 0 Å². The number of fused-ring (bicyclic) bond motifs is 3. The molecule has 0 amide bonds. The summed E-state index contributed by atoms with van der Waals surface area (Å²) in [6, 6.07) is 9.94. The molecule has 28 heavy (non-hydrogen) atoms. The molecule has 0 aliphatic heterocycles. The van der Waals surface area contributed by atoms with E-state index in [0.29, 0.717) is 12.5 Å². The molecule has 3 atom stereocenters. The number of hydrogen-bond donors (Lipinski definition) is 2. The number of benzene rings is 1. The molecule has 1 aromatic carbocycles. The number of thiophene rings is 1. The van der Waals surface area contributed by atoms with Crippen molar-refractivity contribution in [2.75, 3.05) is 20.2 Å². The molecule has 0 bridgehead atoms. The Kier molecular flexibility index (Phi) is 5.51. The fourth-order valence-electron chi connectivity index (χ4n) is 3.87. The molecule has 2 aromatic heterocycles. The van der Waals surface area contributed by atoms with Crippen molar-refractivity contribution < 1.29 is 9.64 Å². The first-order valence-electron chi connectivity index (χ1n) is 10.1. The lowest BCUT2D eigenvalue weighted by Gasteiger charge is -2.21. The van der Waals surface area contributed by atoms with Gasteiger partial charge in [-0.05, 0) is 49.8 Å². The number of quaternary nitrogens is 1. The molecular formula is C22H28N3O2S+. The van der Waals surface area contributed by atoms with Crippen molar-refractivity contribution in [3.63, 3.8) is 0 Å². The molecular weight excluding hydrogens is 370 g/mol. The molecule has 3 aromatic rings. The van der Waals surface area contributed by atoms with Crippen molar-refractivity contribution in [1.29, 1.82) is 0 Å². The summed E-state index contributed by atoms with van der Waals surface area (Å²) in [7, 11) is 2.12. The Hall–Kier alpha value is -2.18. The number of nitrogens with one attached hydrogen (secondary N) is 2. The van der Waals surface area contributed by atoms with Crippen LogP contribution < -0.4 is 15.2 Å². The van der Waals surface area contributed by atoms with Gasteiger partial charge in [0.25, 0.3) is 5.56 Å². The summed E-state index contributed by atoms with van der Waals surface area (Å²) in [6.07, 6.45) is 3.23. The van der Waals surface area contributed by atoms with Gasteiger partial charge in [-0.1, -0.05) is 25.1 Å². The number of ether oxygens (including phenoxy) is 1. The fourth-order valence-corrected chi connectivity index (χ4v) is 5.26. The molecule has 0 saturated heterocycles. The minimum atomic E-state index is 0.0206. The number of para-hydroxylation sites is 1. The third kappa shape index (κ3) is 3.84. The van der Waals surface area contributed by atoms with E-state index in [9.17, 15) is 4.79 Å². The van der Waals surface area contributed by atoms with Gasteiger partial charge in [0.05, 0.1) is 12.4 Å². The number of nitrogens with zero attached hydrogens (tertiary/aromatic N) is 1. The van der Waals surface area contributed by atoms with Gasteiger partial charge in [-0.3, -0.25) is 4.79 Å². The minimum Gasteiger partial charge on any atom is -0.488 e. The summed E-state index contributed by atoms with van der Waals surface area (Å²) in [5.74, 6) is 2.34. The maximum atomic E-state index is 12.8. The monoisotopic (exact) mass is 398 g/mol. The standard InChI is InChI=1S/C22H27N3O2S/c1-14-9-10-17-18(13-14)28-22-19(17)21(26)23-20(24-22)15(2)25(3)11-12-27-16-7-5-4-6-8-16/h4-8,14-15H,9-13H2,1-3H3,(H,23,24,26)/p+1/t14-,15-/m1/s1. The van der Waals surface area contributed by atoms with Crippen LogP contribution in [0.3, 0.4) is 0 Å². The summed E-state index contributed by atoms with van der Waals surface area (Å²) in [4.78, 5) is 24.3. The van der Waals surface area contributed by atoms with E-state index in [2.05, 4.69) is 25.9 Å². The zero-order valence-corrected chi connectivity index (χ0v) is 17.6. The summed E-state index contributed by atoms with van der Waals surface area (Å²) in [5.41, 5.74) is 1.26. The topological polar surface area (TPSA) is 59.4 Å². The van der Waals surface area contributed by atoms with Crippen LogP contribution in [0.2, 0.25) is 0 Å². The summed E-state index contributed by atoms with van der Waals surface area (Å²) >= 11 is 1.71. The quantitative estimate of drug-likeness (QED) is 0.671. The second-order valence-corrected chi connectivity index (χ2v) is 9.05. The van der Waals surface area contributed by atoms with Crippen molar-refractivity contribution in [2.45, 2.75) is 39.2 Å². The van der Waals surface area contributed by atoms with Crippen LogP contribution >= 0.6 is 11.3 Å². The second kappa shape index (κ2) is 8.05. The van der Waals surface area contributed by atoms with Crippen molar-refractivity contribution in [3.8, 4) is 5.75 Å². The molecule has 0 fully saturated rings. The Morgan fingerprint density at radius 1 is 1.36 bits per heavy atom. The lowest BCUT2D eigenvalue weighted by Crippen LogP contribution is -3.09. The van der Waals surface area contributed by atoms with Crippen LogP contribution in [0, 0.1) is 5.92 Å². The van der Waals surface area contributed by atoms with Gasteiger partial charge in [-0.2, -0.15) is 0 Å². The van der Waals surface area contributed by atoms with Crippen molar-refractivity contribution in [2.24, 2.45) is 5.92 Å². The number of likely N-dealkylation sites (N-methyl/N-ethyl adjacent to an activating group) is 1. The van der Waals surface area contributed by atoms with Crippen LogP contribution in [-0.4, -0.2) is 30.2 Å². The zero-order chi connectivity index (χ0) is 19.7. The molecule has 0 spiro atoms. The molecule has 4 rings (SSSR count). The highest BCUT2D eigenvalue weighted by molar-refractivity contribution is 7.18. The first-order chi connectivity index (χ1) is 13.5. The van der Waals surface area contributed by atoms with E-state index in [0.717, 1.165) is 47.6 Å². The largest absolute Gasteiger partial charge is 0.488 e. The zero-order valence-electron chi connectivity index (χ0n) is 16.7. The van der Waals surface area contributed by atoms with E-state index < -0.39 is 0 Å². The number of aryl methyl sites for hydroxylation is 1. The smallest absolute Gasteiger partial charge is 0.260 e. The molecule has 6 heteroatoms. The normalized spacial score (nSPS) is 18.6. The highest BCUT2D eigenvalue weighted by Crippen LogP contribution is 2.35. The van der Waals surface area contributed by atoms with E-state index in [4.69, 9.17) is 9.72 Å². The van der Waals surface area contributed by atoms with Crippen LogP contribution in [-0.2, 0) is 12.8 Å². The highest BCUT2D eigenvalue weighted by Gasteiger charge is 2.25. The Morgan fingerprint density at radius 3 is 2.93 bits per heavy atom. The van der Waals surface area contributed by atoms with Gasteiger partial charge >= 0.3 is 0 Å². The molecule has 1 unspecified atom stereocenters. The average molecular weight is 399 g/mol. The first-order valence-corrected chi connectivity index (χ1v) is 10.9. The van der Waals surface area contributed by atoms with Crippen molar-refractivity contribution in [1.82, 2.24) is 9.97 Å². The van der Waals surface area contributed by atoms with Crippen molar-refractivity contribution in [3.05, 3.63) is 57.0 Å². The minimum absolute atomic E-state index is 0.0206. The predicted molar refractivity (Wildman–Crippen MR) is 114 cm³/mol. The Labute approximate surface area is 169 Å². The molecule has 2 N–H and O–H groups in total. The number of H-pyrrole nitrogens is 1. The van der Waals surface area contributed by atoms with E-state index in [1.54, 1.807) is 11.3 Å². The van der Waals surface area contributed by atoms with E-state index in [1.807, 2.05) is 30.3 Å². The van der Waals surface area contributed by atoms with Gasteiger partial charge in [0.15, 0.2) is 5.82 Å². The molecule has 0 saturated carbocycles. The van der Waals surface area contributed by atoms with E-state index >= 15 is 0 Å². The second-order valence-electron chi connectivity index (χ2n) is 7.96. The Balaban J connectivity index is 1.49. The molecule has 5 nitrogen and oxygen atoms in total. The molecule has 148 valence electrons. The third-order valence-corrected chi connectivity index (χ3v) is 6.99. The number of hydrogen-bond acceptors (Lipinski definition) is 4.